The third-order valence-electron chi connectivity index (χ3n) is 6.76. The van der Waals surface area contributed by atoms with Crippen molar-refractivity contribution in [3.8, 4) is 17.2 Å². The molecule has 2 aromatic heterocycles. The van der Waals surface area contributed by atoms with E-state index in [1.807, 2.05) is 54.7 Å². The van der Waals surface area contributed by atoms with Crippen molar-refractivity contribution in [3.05, 3.63) is 102 Å². The van der Waals surface area contributed by atoms with Gasteiger partial charge >= 0.3 is 0 Å². The normalized spacial score (nSPS) is 17.2. The summed E-state index contributed by atoms with van der Waals surface area (Å²) in [5.74, 6) is 2.30. The monoisotopic (exact) mass is 498 g/mol. The Balaban J connectivity index is 1.50. The van der Waals surface area contributed by atoms with Gasteiger partial charge in [0.1, 0.15) is 17.2 Å². The minimum atomic E-state index is -0.0697. The largest absolute Gasteiger partial charge is 0.497 e. The van der Waals surface area contributed by atoms with E-state index in [2.05, 4.69) is 64.8 Å². The predicted octanol–water partition coefficient (Wildman–Crippen LogP) is 6.50. The standard InChI is InChI=1S/C29H30N4O2S/c1-5-32-19(2)18-25(20(32)3)28-27(26-8-6-7-17-30-26)31-29(36)33(28)21-9-11-23(12-10-21)35-24-15-13-22(34-4)14-16-24/h6-18,27-28H,5H2,1-4H3,(H,31,36)/t27-,28+/m0/s1. The Morgan fingerprint density at radius 3 is 2.19 bits per heavy atom. The van der Waals surface area contributed by atoms with Crippen LogP contribution < -0.4 is 19.7 Å². The highest BCUT2D eigenvalue weighted by atomic mass is 32.1. The molecular weight excluding hydrogens is 468 g/mol. The van der Waals surface area contributed by atoms with Gasteiger partial charge in [-0.15, -0.1) is 0 Å². The van der Waals surface area contributed by atoms with Crippen LogP contribution in [0.4, 0.5) is 5.69 Å². The summed E-state index contributed by atoms with van der Waals surface area (Å²) in [7, 11) is 1.65. The van der Waals surface area contributed by atoms with Crippen LogP contribution in [0.5, 0.6) is 17.2 Å². The Morgan fingerprint density at radius 2 is 1.61 bits per heavy atom. The van der Waals surface area contributed by atoms with E-state index in [0.717, 1.165) is 35.2 Å². The van der Waals surface area contributed by atoms with Gasteiger partial charge in [0.25, 0.3) is 0 Å². The maximum absolute atomic E-state index is 6.04. The van der Waals surface area contributed by atoms with E-state index in [4.69, 9.17) is 21.7 Å². The lowest BCUT2D eigenvalue weighted by molar-refractivity contribution is 0.413. The quantitative estimate of drug-likeness (QED) is 0.294. The summed E-state index contributed by atoms with van der Waals surface area (Å²) in [6.45, 7) is 7.45. The third-order valence-corrected chi connectivity index (χ3v) is 7.07. The fourth-order valence-electron chi connectivity index (χ4n) is 5.02. The fraction of sp³-hybridized carbons (Fsp3) is 0.241. The van der Waals surface area contributed by atoms with Crippen LogP contribution in [-0.4, -0.2) is 21.8 Å². The molecule has 0 bridgehead atoms. The summed E-state index contributed by atoms with van der Waals surface area (Å²) in [6.07, 6.45) is 1.83. The van der Waals surface area contributed by atoms with Crippen molar-refractivity contribution in [2.45, 2.75) is 39.4 Å². The van der Waals surface area contributed by atoms with Crippen molar-refractivity contribution in [1.29, 1.82) is 0 Å². The van der Waals surface area contributed by atoms with Crippen LogP contribution in [0.2, 0.25) is 0 Å². The van der Waals surface area contributed by atoms with Gasteiger partial charge in [-0.25, -0.2) is 0 Å². The first-order valence-corrected chi connectivity index (χ1v) is 12.5. The number of nitrogens with one attached hydrogen (secondary N) is 1. The van der Waals surface area contributed by atoms with Gasteiger partial charge in [-0.3, -0.25) is 4.98 Å². The van der Waals surface area contributed by atoms with Crippen molar-refractivity contribution in [3.63, 3.8) is 0 Å². The van der Waals surface area contributed by atoms with Crippen molar-refractivity contribution >= 4 is 23.0 Å². The molecule has 0 amide bonds. The van der Waals surface area contributed by atoms with Crippen LogP contribution in [0.15, 0.2) is 79.0 Å². The number of methoxy groups -OCH3 is 1. The molecule has 2 aromatic carbocycles. The Kier molecular flexibility index (Phi) is 6.65. The second-order valence-electron chi connectivity index (χ2n) is 8.84. The molecule has 2 atom stereocenters. The van der Waals surface area contributed by atoms with Gasteiger partial charge in [0.05, 0.1) is 24.9 Å². The Labute approximate surface area is 217 Å². The summed E-state index contributed by atoms with van der Waals surface area (Å²) < 4.78 is 13.6. The molecule has 1 fully saturated rings. The van der Waals surface area contributed by atoms with Crippen LogP contribution in [0.1, 0.15) is 41.7 Å². The van der Waals surface area contributed by atoms with E-state index >= 15 is 0 Å². The van der Waals surface area contributed by atoms with Crippen molar-refractivity contribution in [1.82, 2.24) is 14.9 Å². The van der Waals surface area contributed by atoms with Crippen LogP contribution in [0.3, 0.4) is 0 Å². The van der Waals surface area contributed by atoms with Gasteiger partial charge in [-0.1, -0.05) is 6.07 Å². The zero-order valence-electron chi connectivity index (χ0n) is 20.9. The number of hydrogen-bond donors (Lipinski definition) is 1. The molecule has 0 radical (unpaired) electrons. The summed E-state index contributed by atoms with van der Waals surface area (Å²) in [4.78, 5) is 6.87. The predicted molar refractivity (Wildman–Crippen MR) is 147 cm³/mol. The highest BCUT2D eigenvalue weighted by molar-refractivity contribution is 7.80. The summed E-state index contributed by atoms with van der Waals surface area (Å²) in [6, 6.07) is 23.8. The highest BCUT2D eigenvalue weighted by Crippen LogP contribution is 2.43. The lowest BCUT2D eigenvalue weighted by atomic mass is 9.96. The smallest absolute Gasteiger partial charge is 0.174 e. The van der Waals surface area contributed by atoms with Crippen molar-refractivity contribution in [2.24, 2.45) is 0 Å². The molecule has 7 heteroatoms. The molecule has 5 rings (SSSR count). The van der Waals surface area contributed by atoms with Crippen LogP contribution in [0.25, 0.3) is 0 Å². The lowest BCUT2D eigenvalue weighted by Gasteiger charge is -2.28. The third kappa shape index (κ3) is 4.42. The molecular formula is C29H30N4O2S. The van der Waals surface area contributed by atoms with Gasteiger partial charge in [-0.05, 0) is 105 Å². The number of anilines is 1. The summed E-state index contributed by atoms with van der Waals surface area (Å²) in [5.41, 5.74) is 5.70. The van der Waals surface area contributed by atoms with E-state index < -0.39 is 0 Å². The number of benzene rings is 2. The molecule has 0 unspecified atom stereocenters. The SMILES string of the molecule is CCn1c(C)cc([C@@H]2[C@H](c3ccccn3)NC(=S)N2c2ccc(Oc3ccc(OC)cc3)cc2)c1C. The number of nitrogens with zero attached hydrogens (tertiary/aromatic N) is 3. The second-order valence-corrected chi connectivity index (χ2v) is 9.23. The number of hydrogen-bond acceptors (Lipinski definition) is 4. The number of rotatable bonds is 7. The van der Waals surface area contributed by atoms with Crippen molar-refractivity contribution in [2.75, 3.05) is 12.0 Å². The summed E-state index contributed by atoms with van der Waals surface area (Å²) in [5, 5.41) is 4.23. The average molecular weight is 499 g/mol. The molecule has 184 valence electrons. The number of aryl methyl sites for hydroxylation is 1. The van der Waals surface area contributed by atoms with Crippen LogP contribution >= 0.6 is 12.2 Å². The molecule has 36 heavy (non-hydrogen) atoms. The Bertz CT molecular complexity index is 1350. The number of pyridine rings is 1. The molecule has 1 saturated heterocycles. The lowest BCUT2D eigenvalue weighted by Crippen LogP contribution is -2.29. The van der Waals surface area contributed by atoms with E-state index in [-0.39, 0.29) is 12.1 Å². The minimum absolute atomic E-state index is 0.0349. The molecule has 0 saturated carbocycles. The first-order chi connectivity index (χ1) is 17.5. The molecule has 3 heterocycles. The van der Waals surface area contributed by atoms with E-state index in [0.29, 0.717) is 5.11 Å². The minimum Gasteiger partial charge on any atom is -0.497 e. The van der Waals surface area contributed by atoms with Gasteiger partial charge in [0.2, 0.25) is 0 Å². The Morgan fingerprint density at radius 1 is 0.944 bits per heavy atom. The van der Waals surface area contributed by atoms with E-state index in [1.165, 1.54) is 17.0 Å². The molecule has 4 aromatic rings. The van der Waals surface area contributed by atoms with Gasteiger partial charge < -0.3 is 24.3 Å². The highest BCUT2D eigenvalue weighted by Gasteiger charge is 2.42. The van der Waals surface area contributed by atoms with Gasteiger partial charge in [0, 0.05) is 29.8 Å². The Hall–Kier alpha value is -3.84. The molecule has 1 aliphatic heterocycles. The number of thiocarbonyl (C=S) groups is 1. The maximum Gasteiger partial charge on any atom is 0.174 e. The fourth-order valence-corrected chi connectivity index (χ4v) is 5.36. The topological polar surface area (TPSA) is 51.6 Å². The van der Waals surface area contributed by atoms with Gasteiger partial charge in [-0.2, -0.15) is 0 Å². The first kappa shape index (κ1) is 23.9. The maximum atomic E-state index is 6.04. The first-order valence-electron chi connectivity index (χ1n) is 12.1. The van der Waals surface area contributed by atoms with Crippen molar-refractivity contribution < 1.29 is 9.47 Å². The van der Waals surface area contributed by atoms with Gasteiger partial charge in [0.15, 0.2) is 5.11 Å². The zero-order chi connectivity index (χ0) is 25.2. The number of aromatic nitrogens is 2. The molecule has 0 spiro atoms. The molecule has 0 aliphatic carbocycles. The van der Waals surface area contributed by atoms with E-state index in [1.54, 1.807) is 7.11 Å². The second kappa shape index (κ2) is 10.0. The van der Waals surface area contributed by atoms with Crippen LogP contribution in [-0.2, 0) is 6.54 Å². The molecule has 1 N–H and O–H groups in total. The number of ether oxygens (including phenoxy) is 2. The van der Waals surface area contributed by atoms with E-state index in [9.17, 15) is 0 Å². The summed E-state index contributed by atoms with van der Waals surface area (Å²) >= 11 is 5.89. The molecule has 6 nitrogen and oxygen atoms in total. The zero-order valence-corrected chi connectivity index (χ0v) is 21.8. The molecule has 1 aliphatic rings. The van der Waals surface area contributed by atoms with Crippen LogP contribution in [0, 0.1) is 13.8 Å². The average Bonchev–Trinajstić information content (AvgIpc) is 3.40.